The molecule has 50 heavy (non-hydrogen) atoms. The summed E-state index contributed by atoms with van der Waals surface area (Å²) < 4.78 is 6.58. The zero-order chi connectivity index (χ0) is 33.4. The van der Waals surface area contributed by atoms with Gasteiger partial charge in [-0.2, -0.15) is 0 Å². The van der Waals surface area contributed by atoms with Gasteiger partial charge in [0.2, 0.25) is 0 Å². The Labute approximate surface area is 290 Å². The molecule has 0 bridgehead atoms. The van der Waals surface area contributed by atoms with Crippen LogP contribution in [0.1, 0.15) is 25.0 Å². The molecule has 0 unspecified atom stereocenters. The molecule has 7 aromatic carbocycles. The second-order valence-corrected chi connectivity index (χ2v) is 13.8. The van der Waals surface area contributed by atoms with Gasteiger partial charge in [-0.25, -0.2) is 9.97 Å². The van der Waals surface area contributed by atoms with Crippen LogP contribution in [0.5, 0.6) is 0 Å². The molecule has 0 atom stereocenters. The second-order valence-electron chi connectivity index (χ2n) is 13.8. The number of benzene rings is 7. The monoisotopic (exact) mass is 640 g/mol. The Morgan fingerprint density at radius 3 is 1.92 bits per heavy atom. The van der Waals surface area contributed by atoms with Gasteiger partial charge in [0.1, 0.15) is 11.2 Å². The molecule has 1 aliphatic carbocycles. The van der Waals surface area contributed by atoms with Crippen molar-refractivity contribution in [1.29, 1.82) is 0 Å². The van der Waals surface area contributed by atoms with Crippen LogP contribution in [0.4, 0.5) is 0 Å². The standard InChI is InChI=1S/C47H32N2O/c1-47(2)39-23-8-6-20-36(39)42-40(47)26-25-37-43(38-22-12-21-35-34-19-7-9-24-41(34)50-45(35)38)48-46(49-44(37)42)33-18-11-17-32(28-33)31-16-10-15-30(27-31)29-13-4-3-5-14-29/h3-28H,1-2H3. The first kappa shape index (κ1) is 28.7. The Hall–Kier alpha value is -6.32. The van der Waals surface area contributed by atoms with E-state index in [-0.39, 0.29) is 5.41 Å². The molecule has 3 nitrogen and oxygen atoms in total. The highest BCUT2D eigenvalue weighted by molar-refractivity contribution is 6.13. The molecule has 0 spiro atoms. The molecule has 0 radical (unpaired) electrons. The van der Waals surface area contributed by atoms with Crippen LogP contribution in [0.3, 0.4) is 0 Å². The summed E-state index contributed by atoms with van der Waals surface area (Å²) >= 11 is 0. The first-order valence-electron chi connectivity index (χ1n) is 17.2. The molecule has 10 rings (SSSR count). The largest absolute Gasteiger partial charge is 0.455 e. The molecule has 2 aromatic heterocycles. The van der Waals surface area contributed by atoms with Crippen LogP contribution in [-0.4, -0.2) is 9.97 Å². The van der Waals surface area contributed by atoms with Crippen LogP contribution >= 0.6 is 0 Å². The minimum atomic E-state index is -0.145. The zero-order valence-corrected chi connectivity index (χ0v) is 27.8. The molecule has 1 aliphatic rings. The summed E-state index contributed by atoms with van der Waals surface area (Å²) in [6.45, 7) is 4.63. The summed E-state index contributed by atoms with van der Waals surface area (Å²) in [5, 5.41) is 3.20. The summed E-state index contributed by atoms with van der Waals surface area (Å²) in [5.74, 6) is 0.692. The molecule has 0 aliphatic heterocycles. The fourth-order valence-corrected chi connectivity index (χ4v) is 7.99. The normalized spacial score (nSPS) is 13.2. The summed E-state index contributed by atoms with van der Waals surface area (Å²) in [7, 11) is 0. The molecule has 0 amide bonds. The van der Waals surface area contributed by atoms with Crippen molar-refractivity contribution in [2.24, 2.45) is 0 Å². The number of fused-ring (bicyclic) bond motifs is 8. The molecular formula is C47H32N2O. The summed E-state index contributed by atoms with van der Waals surface area (Å²) in [6.07, 6.45) is 0. The highest BCUT2D eigenvalue weighted by atomic mass is 16.3. The highest BCUT2D eigenvalue weighted by Crippen LogP contribution is 2.52. The van der Waals surface area contributed by atoms with Gasteiger partial charge < -0.3 is 4.42 Å². The van der Waals surface area contributed by atoms with Crippen LogP contribution in [-0.2, 0) is 5.41 Å². The van der Waals surface area contributed by atoms with Gasteiger partial charge in [-0.3, -0.25) is 0 Å². The van der Waals surface area contributed by atoms with Crippen LogP contribution in [0.2, 0.25) is 0 Å². The van der Waals surface area contributed by atoms with Crippen molar-refractivity contribution >= 4 is 32.8 Å². The first-order chi connectivity index (χ1) is 24.5. The maximum atomic E-state index is 6.58. The van der Waals surface area contributed by atoms with Gasteiger partial charge in [0, 0.05) is 38.3 Å². The van der Waals surface area contributed by atoms with E-state index in [4.69, 9.17) is 14.4 Å². The van der Waals surface area contributed by atoms with Crippen LogP contribution < -0.4 is 0 Å². The lowest BCUT2D eigenvalue weighted by molar-refractivity contribution is 0.661. The Morgan fingerprint density at radius 1 is 0.460 bits per heavy atom. The van der Waals surface area contributed by atoms with E-state index in [9.17, 15) is 0 Å². The molecular weight excluding hydrogens is 609 g/mol. The molecule has 9 aromatic rings. The van der Waals surface area contributed by atoms with E-state index in [1.54, 1.807) is 0 Å². The zero-order valence-electron chi connectivity index (χ0n) is 27.8. The maximum Gasteiger partial charge on any atom is 0.160 e. The quantitative estimate of drug-likeness (QED) is 0.192. The number of furan rings is 1. The molecule has 0 fully saturated rings. The van der Waals surface area contributed by atoms with Crippen molar-refractivity contribution in [2.45, 2.75) is 19.3 Å². The third-order valence-electron chi connectivity index (χ3n) is 10.5. The van der Waals surface area contributed by atoms with Gasteiger partial charge in [0.05, 0.1) is 11.2 Å². The van der Waals surface area contributed by atoms with Gasteiger partial charge in [0.15, 0.2) is 5.82 Å². The fraction of sp³-hybridized carbons (Fsp3) is 0.0638. The highest BCUT2D eigenvalue weighted by Gasteiger charge is 2.37. The number of hydrogen-bond donors (Lipinski definition) is 0. The third-order valence-corrected chi connectivity index (χ3v) is 10.5. The van der Waals surface area contributed by atoms with Crippen molar-refractivity contribution in [1.82, 2.24) is 9.97 Å². The molecule has 2 heterocycles. The van der Waals surface area contributed by atoms with Crippen molar-refractivity contribution in [3.8, 4) is 56.0 Å². The number of nitrogens with zero attached hydrogens (tertiary/aromatic N) is 2. The van der Waals surface area contributed by atoms with Gasteiger partial charge in [-0.15, -0.1) is 0 Å². The molecule has 236 valence electrons. The average Bonchev–Trinajstić information content (AvgIpc) is 3.67. The number of rotatable bonds is 4. The van der Waals surface area contributed by atoms with E-state index in [0.29, 0.717) is 5.82 Å². The molecule has 3 heteroatoms. The molecule has 0 saturated carbocycles. The summed E-state index contributed by atoms with van der Waals surface area (Å²) in [6, 6.07) is 55.8. The molecule has 0 N–H and O–H groups in total. The molecule has 0 saturated heterocycles. The minimum absolute atomic E-state index is 0.145. The van der Waals surface area contributed by atoms with Gasteiger partial charge in [-0.1, -0.05) is 147 Å². The minimum Gasteiger partial charge on any atom is -0.455 e. The Bertz CT molecular complexity index is 2790. The Kier molecular flexibility index (Phi) is 6.22. The fourth-order valence-electron chi connectivity index (χ4n) is 7.99. The summed E-state index contributed by atoms with van der Waals surface area (Å²) in [4.78, 5) is 10.9. The number of aromatic nitrogens is 2. The van der Waals surface area contributed by atoms with Crippen molar-refractivity contribution in [3.63, 3.8) is 0 Å². The SMILES string of the molecule is CC1(C)c2ccccc2-c2c1ccc1c(-c3cccc4c3oc3ccccc34)nc(-c3cccc(-c4cccc(-c5ccccc5)c4)c3)nc21. The van der Waals surface area contributed by atoms with E-state index in [2.05, 4.69) is 159 Å². The van der Waals surface area contributed by atoms with Crippen molar-refractivity contribution in [3.05, 3.63) is 169 Å². The Morgan fingerprint density at radius 2 is 1.08 bits per heavy atom. The van der Waals surface area contributed by atoms with E-state index >= 15 is 0 Å². The van der Waals surface area contributed by atoms with E-state index in [1.807, 2.05) is 12.1 Å². The second kappa shape index (κ2) is 10.8. The smallest absolute Gasteiger partial charge is 0.160 e. The van der Waals surface area contributed by atoms with E-state index < -0.39 is 0 Å². The van der Waals surface area contributed by atoms with Crippen molar-refractivity contribution in [2.75, 3.05) is 0 Å². The van der Waals surface area contributed by atoms with Crippen LogP contribution in [0, 0.1) is 0 Å². The van der Waals surface area contributed by atoms with Gasteiger partial charge in [0.25, 0.3) is 0 Å². The number of para-hydroxylation sites is 2. The lowest BCUT2D eigenvalue weighted by atomic mass is 9.82. The van der Waals surface area contributed by atoms with Gasteiger partial charge >= 0.3 is 0 Å². The lowest BCUT2D eigenvalue weighted by Gasteiger charge is -2.21. The van der Waals surface area contributed by atoms with Crippen LogP contribution in [0.15, 0.2) is 162 Å². The van der Waals surface area contributed by atoms with Crippen molar-refractivity contribution < 1.29 is 4.42 Å². The lowest BCUT2D eigenvalue weighted by Crippen LogP contribution is -2.14. The van der Waals surface area contributed by atoms with Gasteiger partial charge in [-0.05, 0) is 63.2 Å². The van der Waals surface area contributed by atoms with E-state index in [1.165, 1.54) is 33.4 Å². The summed E-state index contributed by atoms with van der Waals surface area (Å²) in [5.41, 5.74) is 15.0. The van der Waals surface area contributed by atoms with Crippen LogP contribution in [0.25, 0.3) is 88.9 Å². The predicted octanol–water partition coefficient (Wildman–Crippen LogP) is 12.5. The third kappa shape index (κ3) is 4.30. The average molecular weight is 641 g/mol. The first-order valence-corrected chi connectivity index (χ1v) is 17.2. The topological polar surface area (TPSA) is 38.9 Å². The Balaban J connectivity index is 1.23. The predicted molar refractivity (Wildman–Crippen MR) is 206 cm³/mol. The number of hydrogen-bond acceptors (Lipinski definition) is 3. The van der Waals surface area contributed by atoms with E-state index in [0.717, 1.165) is 60.8 Å². The maximum absolute atomic E-state index is 6.58.